The van der Waals surface area contributed by atoms with Gasteiger partial charge in [0.05, 0.1) is 5.56 Å². The fourth-order valence-corrected chi connectivity index (χ4v) is 3.18. The number of alkyl halides is 8. The van der Waals surface area contributed by atoms with Crippen LogP contribution in [-0.2, 0) is 16.2 Å². The number of hydrazone groups is 1. The van der Waals surface area contributed by atoms with E-state index in [1.807, 2.05) is 0 Å². The van der Waals surface area contributed by atoms with Crippen LogP contribution in [0.15, 0.2) is 64.6 Å². The molecule has 29 heavy (non-hydrogen) atoms. The van der Waals surface area contributed by atoms with Crippen molar-refractivity contribution in [1.82, 2.24) is 4.83 Å². The molecule has 0 fully saturated rings. The van der Waals surface area contributed by atoms with Gasteiger partial charge in [-0.1, -0.05) is 42.5 Å². The van der Waals surface area contributed by atoms with Gasteiger partial charge in [-0.15, -0.1) is 0 Å². The third-order valence-electron chi connectivity index (χ3n) is 3.46. The average Bonchev–Trinajstić information content (AvgIpc) is 2.61. The summed E-state index contributed by atoms with van der Waals surface area (Å²) >= 11 is 0. The van der Waals surface area contributed by atoms with E-state index in [2.05, 4.69) is 5.10 Å². The molecule has 0 bridgehead atoms. The molecule has 0 aliphatic heterocycles. The first-order chi connectivity index (χ1) is 13.2. The Hall–Kier alpha value is -2.70. The summed E-state index contributed by atoms with van der Waals surface area (Å²) in [7, 11) is -5.24. The zero-order valence-electron chi connectivity index (χ0n) is 13.9. The van der Waals surface area contributed by atoms with Crippen molar-refractivity contribution in [1.29, 1.82) is 0 Å². The first-order valence-electron chi connectivity index (χ1n) is 7.44. The minimum absolute atomic E-state index is 0.403. The van der Waals surface area contributed by atoms with Crippen molar-refractivity contribution in [3.8, 4) is 0 Å². The van der Waals surface area contributed by atoms with Crippen LogP contribution in [-0.4, -0.2) is 26.2 Å². The molecular weight excluding hydrogens is 436 g/mol. The van der Waals surface area contributed by atoms with Crippen molar-refractivity contribution < 1.29 is 43.5 Å². The standard InChI is InChI=1S/C16H10F8N2O2S/c17-14(18,16(22,23)24)13(10-6-2-1-3-7-10)25-26-29(27,28)12-9-5-4-8-11(12)15(19,20)21/h1-9,26H/b25-13-. The number of hydrogen-bond donors (Lipinski definition) is 1. The average molecular weight is 446 g/mol. The Bertz CT molecular complexity index is 1000. The van der Waals surface area contributed by atoms with Crippen LogP contribution in [0.2, 0.25) is 0 Å². The Morgan fingerprint density at radius 1 is 0.793 bits per heavy atom. The van der Waals surface area contributed by atoms with Crippen molar-refractivity contribution in [3.63, 3.8) is 0 Å². The number of nitrogens with zero attached hydrogens (tertiary/aromatic N) is 1. The number of sulfonamides is 1. The maximum Gasteiger partial charge on any atom is 0.459 e. The molecule has 0 heterocycles. The van der Waals surface area contributed by atoms with Crippen molar-refractivity contribution >= 4 is 15.7 Å². The third kappa shape index (κ3) is 4.83. The van der Waals surface area contributed by atoms with Gasteiger partial charge in [0.15, 0.2) is 0 Å². The Morgan fingerprint density at radius 3 is 1.83 bits per heavy atom. The zero-order chi connectivity index (χ0) is 22.1. The van der Waals surface area contributed by atoms with E-state index < -0.39 is 50.0 Å². The molecule has 0 saturated carbocycles. The predicted octanol–water partition coefficient (Wildman–Crippen LogP) is 4.59. The lowest BCUT2D eigenvalue weighted by atomic mass is 10.0. The third-order valence-corrected chi connectivity index (χ3v) is 4.73. The van der Waals surface area contributed by atoms with Gasteiger partial charge < -0.3 is 0 Å². The van der Waals surface area contributed by atoms with Gasteiger partial charge in [0, 0.05) is 5.56 Å². The molecular formula is C16H10F8N2O2S. The van der Waals surface area contributed by atoms with Gasteiger partial charge in [0.2, 0.25) is 0 Å². The van der Waals surface area contributed by atoms with E-state index in [4.69, 9.17) is 0 Å². The van der Waals surface area contributed by atoms with E-state index in [-0.39, 0.29) is 0 Å². The smallest absolute Gasteiger partial charge is 0.200 e. The van der Waals surface area contributed by atoms with Crippen molar-refractivity contribution in [2.24, 2.45) is 5.10 Å². The van der Waals surface area contributed by atoms with E-state index in [9.17, 15) is 43.5 Å². The molecule has 4 nitrogen and oxygen atoms in total. The molecule has 1 N–H and O–H groups in total. The van der Waals surface area contributed by atoms with Crippen LogP contribution in [0, 0.1) is 0 Å². The SMILES string of the molecule is O=S(=O)(N/N=C(/c1ccccc1)C(F)(F)C(F)(F)F)c1ccccc1C(F)(F)F. The quantitative estimate of drug-likeness (QED) is 0.415. The summed E-state index contributed by atoms with van der Waals surface area (Å²) < 4.78 is 129. The highest BCUT2D eigenvalue weighted by molar-refractivity contribution is 7.89. The summed E-state index contributed by atoms with van der Waals surface area (Å²) in [6.07, 6.45) is -11.3. The monoisotopic (exact) mass is 446 g/mol. The molecule has 0 aromatic heterocycles. The second-order valence-corrected chi connectivity index (χ2v) is 7.12. The first-order valence-corrected chi connectivity index (χ1v) is 8.92. The van der Waals surface area contributed by atoms with Gasteiger partial charge in [-0.2, -0.15) is 53.5 Å². The number of rotatable bonds is 5. The zero-order valence-corrected chi connectivity index (χ0v) is 14.7. The van der Waals surface area contributed by atoms with Gasteiger partial charge in [0.1, 0.15) is 10.6 Å². The van der Waals surface area contributed by atoms with E-state index in [0.717, 1.165) is 41.2 Å². The molecule has 0 radical (unpaired) electrons. The Kier molecular flexibility index (Phi) is 5.93. The lowest BCUT2D eigenvalue weighted by molar-refractivity contribution is -0.249. The molecule has 0 aliphatic carbocycles. The fourth-order valence-electron chi connectivity index (χ4n) is 2.14. The lowest BCUT2D eigenvalue weighted by Gasteiger charge is -2.22. The highest BCUT2D eigenvalue weighted by Crippen LogP contribution is 2.39. The molecule has 0 aliphatic rings. The lowest BCUT2D eigenvalue weighted by Crippen LogP contribution is -2.45. The summed E-state index contributed by atoms with van der Waals surface area (Å²) in [6, 6.07) is 7.76. The molecule has 0 unspecified atom stereocenters. The largest absolute Gasteiger partial charge is 0.459 e. The molecule has 2 rings (SSSR count). The Labute approximate surface area is 158 Å². The number of halogens is 8. The summed E-state index contributed by atoms with van der Waals surface area (Å²) in [4.78, 5) is -0.345. The maximum absolute atomic E-state index is 13.9. The minimum atomic E-state index is -6.14. The van der Waals surface area contributed by atoms with Crippen LogP contribution >= 0.6 is 0 Å². The fraction of sp³-hybridized carbons (Fsp3) is 0.188. The van der Waals surface area contributed by atoms with Crippen LogP contribution in [0.1, 0.15) is 11.1 Å². The molecule has 0 spiro atoms. The summed E-state index contributed by atoms with van der Waals surface area (Å²) in [5.41, 5.74) is -4.47. The number of nitrogens with one attached hydrogen (secondary N) is 1. The summed E-state index contributed by atoms with van der Waals surface area (Å²) in [6.45, 7) is 0. The molecule has 0 atom stereocenters. The molecule has 0 amide bonds. The summed E-state index contributed by atoms with van der Waals surface area (Å²) in [5.74, 6) is -5.60. The topological polar surface area (TPSA) is 58.5 Å². The van der Waals surface area contributed by atoms with Crippen LogP contribution < -0.4 is 4.83 Å². The van der Waals surface area contributed by atoms with Gasteiger partial charge in [-0.05, 0) is 12.1 Å². The molecule has 13 heteroatoms. The van der Waals surface area contributed by atoms with Crippen molar-refractivity contribution in [3.05, 3.63) is 65.7 Å². The van der Waals surface area contributed by atoms with Crippen LogP contribution in [0.4, 0.5) is 35.1 Å². The molecule has 0 saturated heterocycles. The van der Waals surface area contributed by atoms with Crippen LogP contribution in [0.25, 0.3) is 0 Å². The molecule has 158 valence electrons. The van der Waals surface area contributed by atoms with E-state index >= 15 is 0 Å². The molecule has 2 aromatic carbocycles. The van der Waals surface area contributed by atoms with Gasteiger partial charge in [-0.25, -0.2) is 0 Å². The summed E-state index contributed by atoms with van der Waals surface area (Å²) in [5, 5.41) is 2.64. The van der Waals surface area contributed by atoms with E-state index in [0.29, 0.717) is 12.1 Å². The van der Waals surface area contributed by atoms with Gasteiger partial charge in [-0.3, -0.25) is 0 Å². The number of benzene rings is 2. The molecule has 2 aromatic rings. The van der Waals surface area contributed by atoms with Crippen molar-refractivity contribution in [2.75, 3.05) is 0 Å². The highest BCUT2D eigenvalue weighted by atomic mass is 32.2. The van der Waals surface area contributed by atoms with Crippen LogP contribution in [0.3, 0.4) is 0 Å². The second kappa shape index (κ2) is 7.61. The van der Waals surface area contributed by atoms with E-state index in [1.165, 1.54) is 6.07 Å². The maximum atomic E-state index is 13.9. The van der Waals surface area contributed by atoms with E-state index in [1.54, 1.807) is 0 Å². The Morgan fingerprint density at radius 2 is 1.31 bits per heavy atom. The predicted molar refractivity (Wildman–Crippen MR) is 85.7 cm³/mol. The number of hydrogen-bond acceptors (Lipinski definition) is 3. The minimum Gasteiger partial charge on any atom is -0.200 e. The second-order valence-electron chi connectivity index (χ2n) is 5.49. The normalized spacial score (nSPS) is 14.0. The van der Waals surface area contributed by atoms with Gasteiger partial charge >= 0.3 is 18.3 Å². The van der Waals surface area contributed by atoms with Gasteiger partial charge in [0.25, 0.3) is 10.0 Å². The first kappa shape index (κ1) is 22.6. The van der Waals surface area contributed by atoms with Crippen molar-refractivity contribution in [2.45, 2.75) is 23.2 Å². The highest BCUT2D eigenvalue weighted by Gasteiger charge is 2.61. The van der Waals surface area contributed by atoms with Crippen LogP contribution in [0.5, 0.6) is 0 Å². The Balaban J connectivity index is 2.58.